The third-order valence-corrected chi connectivity index (χ3v) is 3.89. The van der Waals surface area contributed by atoms with Crippen molar-refractivity contribution in [3.8, 4) is 11.5 Å². The lowest BCUT2D eigenvalue weighted by Gasteiger charge is -2.09. The van der Waals surface area contributed by atoms with E-state index in [-0.39, 0.29) is 11.0 Å². The fourth-order valence-electron chi connectivity index (χ4n) is 2.33. The molecule has 2 rings (SSSR count). The van der Waals surface area contributed by atoms with Crippen LogP contribution in [0, 0.1) is 0 Å². The Kier molecular flexibility index (Phi) is 7.53. The molecule has 0 fully saturated rings. The van der Waals surface area contributed by atoms with Gasteiger partial charge in [0.15, 0.2) is 16.6 Å². The molecule has 0 aliphatic rings. The summed E-state index contributed by atoms with van der Waals surface area (Å²) < 4.78 is 10.4. The van der Waals surface area contributed by atoms with Gasteiger partial charge in [-0.3, -0.25) is 14.9 Å². The van der Waals surface area contributed by atoms with Crippen LogP contribution in [0.1, 0.15) is 15.9 Å². The number of thiocarbonyl (C=S) groups is 1. The minimum absolute atomic E-state index is 0.121. The van der Waals surface area contributed by atoms with E-state index in [1.807, 2.05) is 0 Å². The molecule has 0 aliphatic carbocycles. The zero-order valence-electron chi connectivity index (χ0n) is 15.7. The average Bonchev–Trinajstić information content (AvgIpc) is 2.71. The fourth-order valence-corrected chi connectivity index (χ4v) is 2.55. The topological polar surface area (TPSA) is 88.7 Å². The molecule has 2 aromatic carbocycles. The van der Waals surface area contributed by atoms with E-state index >= 15 is 0 Å². The molecule has 0 unspecified atom stereocenters. The molecule has 0 radical (unpaired) electrons. The maximum Gasteiger partial charge on any atom is 0.251 e. The number of nitrogens with one attached hydrogen (secondary N) is 3. The Bertz CT molecular complexity index is 912. The Morgan fingerprint density at radius 3 is 2.46 bits per heavy atom. The summed E-state index contributed by atoms with van der Waals surface area (Å²) in [6.45, 7) is 0. The number of amides is 2. The van der Waals surface area contributed by atoms with Crippen LogP contribution in [0.3, 0.4) is 0 Å². The molecular weight excluding hydrogens is 378 g/mol. The maximum absolute atomic E-state index is 12.1. The largest absolute Gasteiger partial charge is 0.493 e. The molecular formula is C20H21N3O4S. The lowest BCUT2D eigenvalue weighted by Crippen LogP contribution is -2.32. The molecule has 146 valence electrons. The third-order valence-electron chi connectivity index (χ3n) is 3.68. The van der Waals surface area contributed by atoms with Crippen molar-refractivity contribution in [2.75, 3.05) is 26.6 Å². The van der Waals surface area contributed by atoms with Crippen LogP contribution in [0.5, 0.6) is 11.5 Å². The molecule has 0 bridgehead atoms. The van der Waals surface area contributed by atoms with Gasteiger partial charge in [0, 0.05) is 24.4 Å². The van der Waals surface area contributed by atoms with Gasteiger partial charge in [-0.2, -0.15) is 0 Å². The minimum atomic E-state index is -0.394. The smallest absolute Gasteiger partial charge is 0.251 e. The number of anilines is 1. The van der Waals surface area contributed by atoms with Crippen molar-refractivity contribution >= 4 is 40.9 Å². The number of hydrogen-bond donors (Lipinski definition) is 3. The van der Waals surface area contributed by atoms with E-state index in [4.69, 9.17) is 21.7 Å². The van der Waals surface area contributed by atoms with Gasteiger partial charge >= 0.3 is 0 Å². The Hall–Kier alpha value is -3.39. The molecule has 0 aromatic heterocycles. The third kappa shape index (κ3) is 5.82. The van der Waals surface area contributed by atoms with Crippen molar-refractivity contribution in [3.63, 3.8) is 0 Å². The second-order valence-corrected chi connectivity index (χ2v) is 5.96. The van der Waals surface area contributed by atoms with Gasteiger partial charge in [-0.25, -0.2) is 0 Å². The van der Waals surface area contributed by atoms with Gasteiger partial charge in [0.1, 0.15) is 0 Å². The van der Waals surface area contributed by atoms with Gasteiger partial charge in [-0.05, 0) is 54.2 Å². The molecule has 0 atom stereocenters. The van der Waals surface area contributed by atoms with Crippen molar-refractivity contribution in [3.05, 3.63) is 59.7 Å². The monoisotopic (exact) mass is 399 g/mol. The number of carbonyl (C=O) groups excluding carboxylic acids is 2. The highest BCUT2D eigenvalue weighted by Gasteiger charge is 2.07. The van der Waals surface area contributed by atoms with Gasteiger partial charge in [0.05, 0.1) is 14.2 Å². The molecule has 8 heteroatoms. The summed E-state index contributed by atoms with van der Waals surface area (Å²) >= 11 is 5.14. The Morgan fingerprint density at radius 2 is 1.79 bits per heavy atom. The molecule has 3 N–H and O–H groups in total. The summed E-state index contributed by atoms with van der Waals surface area (Å²) in [6, 6.07) is 12.1. The minimum Gasteiger partial charge on any atom is -0.493 e. The standard InChI is InChI=1S/C20H21N3O4S/c1-21-19(25)14-5-4-6-15(12-14)22-20(28)23-18(24)10-8-13-7-9-16(26-2)17(11-13)27-3/h4-12H,1-3H3,(H,21,25)(H2,22,23,24,28)/b10-8+. The zero-order valence-corrected chi connectivity index (χ0v) is 16.6. The van der Waals surface area contributed by atoms with Crippen molar-refractivity contribution in [2.24, 2.45) is 0 Å². The van der Waals surface area contributed by atoms with E-state index < -0.39 is 5.91 Å². The summed E-state index contributed by atoms with van der Waals surface area (Å²) in [5.41, 5.74) is 1.84. The summed E-state index contributed by atoms with van der Waals surface area (Å²) in [5, 5.41) is 8.09. The van der Waals surface area contributed by atoms with E-state index in [1.54, 1.807) is 69.8 Å². The summed E-state index contributed by atoms with van der Waals surface area (Å²) in [5.74, 6) is 0.568. The first kappa shape index (κ1) is 20.9. The summed E-state index contributed by atoms with van der Waals surface area (Å²) in [4.78, 5) is 23.7. The summed E-state index contributed by atoms with van der Waals surface area (Å²) in [7, 11) is 4.65. The van der Waals surface area contributed by atoms with Crippen LogP contribution in [0.2, 0.25) is 0 Å². The van der Waals surface area contributed by atoms with E-state index in [2.05, 4.69) is 16.0 Å². The molecule has 0 saturated carbocycles. The number of ether oxygens (including phenoxy) is 2. The van der Waals surface area contributed by atoms with Gasteiger partial charge in [0.25, 0.3) is 5.91 Å². The van der Waals surface area contributed by atoms with Crippen molar-refractivity contribution in [1.29, 1.82) is 0 Å². The van der Waals surface area contributed by atoms with Gasteiger partial charge < -0.3 is 20.1 Å². The van der Waals surface area contributed by atoms with Crippen molar-refractivity contribution < 1.29 is 19.1 Å². The highest BCUT2D eigenvalue weighted by molar-refractivity contribution is 7.80. The predicted octanol–water partition coefficient (Wildman–Crippen LogP) is 2.59. The first-order valence-electron chi connectivity index (χ1n) is 8.31. The molecule has 0 spiro atoms. The molecule has 2 amide bonds. The normalized spacial score (nSPS) is 10.2. The highest BCUT2D eigenvalue weighted by Crippen LogP contribution is 2.27. The zero-order chi connectivity index (χ0) is 20.5. The lowest BCUT2D eigenvalue weighted by atomic mass is 10.2. The first-order valence-corrected chi connectivity index (χ1v) is 8.72. The molecule has 0 saturated heterocycles. The predicted molar refractivity (Wildman–Crippen MR) is 113 cm³/mol. The molecule has 2 aromatic rings. The van der Waals surface area contributed by atoms with Crippen LogP contribution in [-0.2, 0) is 4.79 Å². The first-order chi connectivity index (χ1) is 13.5. The maximum atomic E-state index is 12.1. The second kappa shape index (κ2) is 10.1. The molecule has 7 nitrogen and oxygen atoms in total. The molecule has 28 heavy (non-hydrogen) atoms. The van der Waals surface area contributed by atoms with Gasteiger partial charge in [-0.1, -0.05) is 12.1 Å². The Labute approximate surface area is 168 Å². The summed E-state index contributed by atoms with van der Waals surface area (Å²) in [6.07, 6.45) is 2.99. The van der Waals surface area contributed by atoms with Crippen LogP contribution < -0.4 is 25.4 Å². The highest BCUT2D eigenvalue weighted by atomic mass is 32.1. The van der Waals surface area contributed by atoms with Gasteiger partial charge in [0.2, 0.25) is 5.91 Å². The van der Waals surface area contributed by atoms with E-state index in [9.17, 15) is 9.59 Å². The number of methoxy groups -OCH3 is 2. The Balaban J connectivity index is 1.96. The van der Waals surface area contributed by atoms with E-state index in [1.165, 1.54) is 6.08 Å². The van der Waals surface area contributed by atoms with Crippen molar-refractivity contribution in [1.82, 2.24) is 10.6 Å². The average molecular weight is 399 g/mol. The number of carbonyl (C=O) groups is 2. The van der Waals surface area contributed by atoms with Crippen molar-refractivity contribution in [2.45, 2.75) is 0 Å². The van der Waals surface area contributed by atoms with Crippen LogP contribution in [0.4, 0.5) is 5.69 Å². The van der Waals surface area contributed by atoms with Crippen LogP contribution in [-0.4, -0.2) is 38.2 Å². The van der Waals surface area contributed by atoms with Crippen LogP contribution >= 0.6 is 12.2 Å². The fraction of sp³-hybridized carbons (Fsp3) is 0.150. The SMILES string of the molecule is CNC(=O)c1cccc(NC(=S)NC(=O)/C=C/c2ccc(OC)c(OC)c2)c1. The Morgan fingerprint density at radius 1 is 1.04 bits per heavy atom. The van der Waals surface area contributed by atoms with E-state index in [0.29, 0.717) is 22.7 Å². The lowest BCUT2D eigenvalue weighted by molar-refractivity contribution is -0.115. The van der Waals surface area contributed by atoms with Crippen LogP contribution in [0.25, 0.3) is 6.08 Å². The number of benzene rings is 2. The van der Waals surface area contributed by atoms with Gasteiger partial charge in [-0.15, -0.1) is 0 Å². The quantitative estimate of drug-likeness (QED) is 0.511. The number of hydrogen-bond acceptors (Lipinski definition) is 5. The molecule has 0 heterocycles. The van der Waals surface area contributed by atoms with E-state index in [0.717, 1.165) is 5.56 Å². The van der Waals surface area contributed by atoms with Crippen LogP contribution in [0.15, 0.2) is 48.5 Å². The number of rotatable bonds is 6. The molecule has 0 aliphatic heterocycles. The second-order valence-electron chi connectivity index (χ2n) is 5.55.